The van der Waals surface area contributed by atoms with Crippen LogP contribution in [0, 0.1) is 0 Å². The summed E-state index contributed by atoms with van der Waals surface area (Å²) >= 11 is 0. The summed E-state index contributed by atoms with van der Waals surface area (Å²) in [6.45, 7) is 4.12. The van der Waals surface area contributed by atoms with Crippen molar-refractivity contribution >= 4 is 5.97 Å². The fraction of sp³-hybridized carbons (Fsp3) is 0.865. The summed E-state index contributed by atoms with van der Waals surface area (Å²) in [5, 5.41) is 31.1. The van der Waals surface area contributed by atoms with Gasteiger partial charge in [-0.1, -0.05) is 103 Å². The lowest BCUT2D eigenvalue weighted by Crippen LogP contribution is -2.27. The van der Waals surface area contributed by atoms with Gasteiger partial charge in [-0.2, -0.15) is 0 Å². The molecule has 2 aliphatic heterocycles. The van der Waals surface area contributed by atoms with Crippen molar-refractivity contribution in [2.45, 2.75) is 205 Å². The Morgan fingerprint density at radius 3 is 2.07 bits per heavy atom. The number of rotatable bonds is 27. The Balaban J connectivity index is 1.36. The first-order valence-electron chi connectivity index (χ1n) is 18.2. The lowest BCUT2D eigenvalue weighted by atomic mass is 9.99. The van der Waals surface area contributed by atoms with Crippen LogP contribution < -0.4 is 0 Å². The molecular formula is C37H66O6. The normalized spacial score (nSPS) is 22.7. The molecule has 6 atom stereocenters. The largest absolute Gasteiger partial charge is 0.455 e. The fourth-order valence-corrected chi connectivity index (χ4v) is 6.44. The SMILES string of the molecule is CCCCC/C=C\CCC(O)C(O)CCCC[C@@H](O)[C@H]1CC[C@H](CCCCCCCCCCCCC2=C[C@H](C)OC2=O)O1. The van der Waals surface area contributed by atoms with E-state index in [1.807, 2.05) is 13.0 Å². The van der Waals surface area contributed by atoms with Gasteiger partial charge >= 0.3 is 5.97 Å². The molecule has 0 saturated carbocycles. The van der Waals surface area contributed by atoms with E-state index in [0.717, 1.165) is 63.4 Å². The second kappa shape index (κ2) is 24.1. The summed E-state index contributed by atoms with van der Waals surface area (Å²) in [6, 6.07) is 0. The molecule has 6 nitrogen and oxygen atoms in total. The maximum Gasteiger partial charge on any atom is 0.334 e. The molecule has 2 aliphatic rings. The predicted molar refractivity (Wildman–Crippen MR) is 176 cm³/mol. The molecule has 2 unspecified atom stereocenters. The fourth-order valence-electron chi connectivity index (χ4n) is 6.44. The Bertz CT molecular complexity index is 764. The zero-order chi connectivity index (χ0) is 31.1. The number of carbonyl (C=O) groups excluding carboxylic acids is 1. The van der Waals surface area contributed by atoms with Crippen molar-refractivity contribution in [1.82, 2.24) is 0 Å². The van der Waals surface area contributed by atoms with Gasteiger partial charge in [-0.3, -0.25) is 0 Å². The third-order valence-electron chi connectivity index (χ3n) is 9.25. The number of cyclic esters (lactones) is 1. The molecule has 0 aliphatic carbocycles. The Morgan fingerprint density at radius 2 is 1.40 bits per heavy atom. The van der Waals surface area contributed by atoms with Crippen LogP contribution in [0.4, 0.5) is 0 Å². The van der Waals surface area contributed by atoms with Crippen LogP contribution in [0.1, 0.15) is 168 Å². The third-order valence-corrected chi connectivity index (χ3v) is 9.25. The van der Waals surface area contributed by atoms with E-state index >= 15 is 0 Å². The van der Waals surface area contributed by atoms with E-state index in [4.69, 9.17) is 9.47 Å². The highest BCUT2D eigenvalue weighted by atomic mass is 16.5. The molecule has 0 aromatic rings. The van der Waals surface area contributed by atoms with Crippen LogP contribution in [0.15, 0.2) is 23.8 Å². The van der Waals surface area contributed by atoms with Gasteiger partial charge in [0.05, 0.1) is 30.5 Å². The van der Waals surface area contributed by atoms with Crippen molar-refractivity contribution in [3.8, 4) is 0 Å². The molecule has 3 N–H and O–H groups in total. The third kappa shape index (κ3) is 17.8. The first-order chi connectivity index (χ1) is 20.9. The Morgan fingerprint density at radius 1 is 0.767 bits per heavy atom. The Hall–Kier alpha value is -1.21. The monoisotopic (exact) mass is 606 g/mol. The second-order valence-electron chi connectivity index (χ2n) is 13.3. The van der Waals surface area contributed by atoms with Gasteiger partial charge in [0.15, 0.2) is 0 Å². The first-order valence-corrected chi connectivity index (χ1v) is 18.2. The van der Waals surface area contributed by atoms with E-state index in [1.165, 1.54) is 77.0 Å². The van der Waals surface area contributed by atoms with E-state index in [9.17, 15) is 20.1 Å². The van der Waals surface area contributed by atoms with Gasteiger partial charge in [0.2, 0.25) is 0 Å². The summed E-state index contributed by atoms with van der Waals surface area (Å²) in [5.74, 6) is -0.117. The number of hydrogen-bond acceptors (Lipinski definition) is 6. The first kappa shape index (κ1) is 38.0. The Labute approximate surface area is 263 Å². The van der Waals surface area contributed by atoms with Gasteiger partial charge in [-0.05, 0) is 83.6 Å². The van der Waals surface area contributed by atoms with Crippen molar-refractivity contribution in [3.63, 3.8) is 0 Å². The van der Waals surface area contributed by atoms with Gasteiger partial charge in [-0.25, -0.2) is 4.79 Å². The molecule has 250 valence electrons. The highest BCUT2D eigenvalue weighted by Gasteiger charge is 2.30. The quantitative estimate of drug-likeness (QED) is 0.0492. The van der Waals surface area contributed by atoms with E-state index in [-0.39, 0.29) is 18.2 Å². The molecule has 2 heterocycles. The van der Waals surface area contributed by atoms with Crippen LogP contribution in [0.3, 0.4) is 0 Å². The minimum atomic E-state index is -0.679. The van der Waals surface area contributed by atoms with Crippen molar-refractivity contribution < 1.29 is 29.6 Å². The average Bonchev–Trinajstić information content (AvgIpc) is 3.60. The number of allylic oxidation sites excluding steroid dienone is 2. The van der Waals surface area contributed by atoms with E-state index in [0.29, 0.717) is 25.4 Å². The maximum absolute atomic E-state index is 11.6. The van der Waals surface area contributed by atoms with Crippen LogP contribution in [0.5, 0.6) is 0 Å². The van der Waals surface area contributed by atoms with Crippen molar-refractivity contribution in [2.24, 2.45) is 0 Å². The smallest absolute Gasteiger partial charge is 0.334 e. The predicted octanol–water partition coefficient (Wildman–Crippen LogP) is 8.65. The highest BCUT2D eigenvalue weighted by molar-refractivity contribution is 5.90. The van der Waals surface area contributed by atoms with Gasteiger partial charge in [-0.15, -0.1) is 0 Å². The second-order valence-corrected chi connectivity index (χ2v) is 13.3. The van der Waals surface area contributed by atoms with Crippen LogP contribution in [-0.4, -0.2) is 57.9 Å². The van der Waals surface area contributed by atoms with Gasteiger partial charge in [0.25, 0.3) is 0 Å². The van der Waals surface area contributed by atoms with Crippen molar-refractivity contribution in [2.75, 3.05) is 0 Å². The summed E-state index contributed by atoms with van der Waals surface area (Å²) in [7, 11) is 0. The molecule has 1 saturated heterocycles. The zero-order valence-electron chi connectivity index (χ0n) is 27.7. The average molecular weight is 607 g/mol. The molecule has 0 aromatic carbocycles. The maximum atomic E-state index is 11.6. The highest BCUT2D eigenvalue weighted by Crippen LogP contribution is 2.28. The molecule has 6 heteroatoms. The standard InChI is InChI=1S/C37H66O6/c1-3-4-5-6-11-16-19-24-33(38)34(39)25-20-21-26-35(40)36-28-27-32(43-36)23-18-15-13-10-8-7-9-12-14-17-22-31-29-30(2)42-37(31)41/h11,16,29-30,32-36,38-40H,3-10,12-15,17-28H2,1-2H3/b16-11-/t30-,32-,33?,34?,35+,36+/m0/s1. The molecule has 2 rings (SSSR count). The number of hydrogen-bond donors (Lipinski definition) is 3. The minimum Gasteiger partial charge on any atom is -0.455 e. The number of esters is 1. The molecule has 0 radical (unpaired) electrons. The lowest BCUT2D eigenvalue weighted by molar-refractivity contribution is -0.139. The van der Waals surface area contributed by atoms with Gasteiger partial charge in [0, 0.05) is 5.57 Å². The van der Waals surface area contributed by atoms with Crippen LogP contribution in [0.25, 0.3) is 0 Å². The summed E-state index contributed by atoms with van der Waals surface area (Å²) in [5.41, 5.74) is 0.870. The van der Waals surface area contributed by atoms with Gasteiger partial charge < -0.3 is 24.8 Å². The van der Waals surface area contributed by atoms with Crippen LogP contribution >= 0.6 is 0 Å². The topological polar surface area (TPSA) is 96.2 Å². The lowest BCUT2D eigenvalue weighted by Gasteiger charge is -2.20. The summed E-state index contributed by atoms with van der Waals surface area (Å²) in [4.78, 5) is 11.6. The van der Waals surface area contributed by atoms with E-state index < -0.39 is 18.3 Å². The number of aliphatic hydroxyl groups is 3. The number of unbranched alkanes of at least 4 members (excludes halogenated alkanes) is 13. The number of ether oxygens (including phenoxy) is 2. The Kier molecular flexibility index (Phi) is 21.3. The number of carbonyl (C=O) groups is 1. The molecule has 0 amide bonds. The molecule has 0 spiro atoms. The zero-order valence-corrected chi connectivity index (χ0v) is 27.7. The number of aliphatic hydroxyl groups excluding tert-OH is 3. The summed E-state index contributed by atoms with van der Waals surface area (Å²) < 4.78 is 11.3. The molecular weight excluding hydrogens is 540 g/mol. The minimum absolute atomic E-state index is 0.0445. The molecule has 1 fully saturated rings. The summed E-state index contributed by atoms with van der Waals surface area (Å²) in [6.07, 6.45) is 30.4. The van der Waals surface area contributed by atoms with Crippen molar-refractivity contribution in [3.05, 3.63) is 23.8 Å². The van der Waals surface area contributed by atoms with Crippen LogP contribution in [0.2, 0.25) is 0 Å². The molecule has 43 heavy (non-hydrogen) atoms. The van der Waals surface area contributed by atoms with Crippen molar-refractivity contribution in [1.29, 1.82) is 0 Å². The van der Waals surface area contributed by atoms with Crippen LogP contribution in [-0.2, 0) is 14.3 Å². The van der Waals surface area contributed by atoms with E-state index in [1.54, 1.807) is 0 Å². The molecule has 0 bridgehead atoms. The van der Waals surface area contributed by atoms with E-state index in [2.05, 4.69) is 19.1 Å². The molecule has 0 aromatic heterocycles. The van der Waals surface area contributed by atoms with Gasteiger partial charge in [0.1, 0.15) is 6.10 Å².